The summed E-state index contributed by atoms with van der Waals surface area (Å²) in [5, 5.41) is 6.63. The Bertz CT molecular complexity index is 706. The molecule has 1 atom stereocenters. The van der Waals surface area contributed by atoms with Crippen molar-refractivity contribution in [1.29, 1.82) is 0 Å². The van der Waals surface area contributed by atoms with Crippen LogP contribution >= 0.6 is 11.3 Å². The van der Waals surface area contributed by atoms with E-state index in [0.29, 0.717) is 32.7 Å². The zero-order valence-electron chi connectivity index (χ0n) is 14.8. The topological polar surface area (TPSA) is 108 Å². The molecule has 1 aromatic rings. The van der Waals surface area contributed by atoms with Crippen molar-refractivity contribution in [2.24, 2.45) is 0 Å². The number of carbonyl (C=O) groups is 2. The van der Waals surface area contributed by atoms with Crippen LogP contribution in [0.25, 0.3) is 0 Å². The van der Waals surface area contributed by atoms with Crippen molar-refractivity contribution in [3.63, 3.8) is 0 Å². The van der Waals surface area contributed by atoms with Gasteiger partial charge < -0.3 is 20.3 Å². The van der Waals surface area contributed by atoms with E-state index in [1.54, 1.807) is 11.4 Å². The first kappa shape index (κ1) is 20.8. The van der Waals surface area contributed by atoms with Gasteiger partial charge >= 0.3 is 11.8 Å². The van der Waals surface area contributed by atoms with Crippen LogP contribution in [0.3, 0.4) is 0 Å². The van der Waals surface area contributed by atoms with E-state index >= 15 is 0 Å². The average molecular weight is 405 g/mol. The molecular weight excluding hydrogens is 380 g/mol. The highest BCUT2D eigenvalue weighted by Gasteiger charge is 2.35. The Morgan fingerprint density at radius 2 is 2.08 bits per heavy atom. The molecule has 2 amide bonds. The lowest BCUT2D eigenvalue weighted by atomic mass is 10.3. The molecule has 0 radical (unpaired) electrons. The molecule has 1 aliphatic heterocycles. The van der Waals surface area contributed by atoms with Crippen LogP contribution in [0.15, 0.2) is 21.7 Å². The van der Waals surface area contributed by atoms with E-state index in [1.807, 2.05) is 19.0 Å². The summed E-state index contributed by atoms with van der Waals surface area (Å²) in [7, 11) is 0.0226. The first-order valence-corrected chi connectivity index (χ1v) is 10.5. The van der Waals surface area contributed by atoms with Crippen LogP contribution in [0, 0.1) is 0 Å². The zero-order valence-corrected chi connectivity index (χ0v) is 16.4. The molecule has 0 aromatic carbocycles. The smallest absolute Gasteiger partial charge is 0.309 e. The Kier molecular flexibility index (Phi) is 7.53. The first-order chi connectivity index (χ1) is 12.3. The summed E-state index contributed by atoms with van der Waals surface area (Å²) < 4.78 is 32.4. The molecule has 146 valence electrons. The van der Waals surface area contributed by atoms with E-state index in [2.05, 4.69) is 10.6 Å². The molecule has 2 N–H and O–H groups in total. The lowest BCUT2D eigenvalue weighted by molar-refractivity contribution is -0.140. The van der Waals surface area contributed by atoms with Gasteiger partial charge in [-0.1, -0.05) is 6.07 Å². The number of hydrogen-bond donors (Lipinski definition) is 2. The molecule has 26 heavy (non-hydrogen) atoms. The Labute approximate surface area is 157 Å². The van der Waals surface area contributed by atoms with Crippen molar-refractivity contribution in [2.45, 2.75) is 16.9 Å². The van der Waals surface area contributed by atoms with Crippen molar-refractivity contribution in [3.05, 3.63) is 17.5 Å². The van der Waals surface area contributed by atoms with Crippen molar-refractivity contribution in [2.75, 3.05) is 46.9 Å². The second-order valence-corrected chi connectivity index (χ2v) is 9.06. The summed E-state index contributed by atoms with van der Waals surface area (Å²) in [6.07, 6.45) is -0.269. The van der Waals surface area contributed by atoms with Crippen LogP contribution in [0.1, 0.15) is 6.42 Å². The van der Waals surface area contributed by atoms with E-state index in [1.165, 1.54) is 10.4 Å². The van der Waals surface area contributed by atoms with Gasteiger partial charge in [-0.25, -0.2) is 8.42 Å². The fraction of sp³-hybridized carbons (Fsp3) is 0.600. The second kappa shape index (κ2) is 9.42. The number of nitrogens with zero attached hydrogens (tertiary/aromatic N) is 2. The number of hydrogen-bond acceptors (Lipinski definition) is 7. The van der Waals surface area contributed by atoms with Crippen LogP contribution in [0.4, 0.5) is 0 Å². The number of nitrogens with one attached hydrogen (secondary N) is 2. The largest absolute Gasteiger partial charge is 0.360 e. The maximum absolute atomic E-state index is 12.7. The highest BCUT2D eigenvalue weighted by Crippen LogP contribution is 2.25. The molecule has 1 saturated heterocycles. The van der Waals surface area contributed by atoms with Gasteiger partial charge in [0.2, 0.25) is 0 Å². The van der Waals surface area contributed by atoms with E-state index in [9.17, 15) is 18.0 Å². The van der Waals surface area contributed by atoms with Crippen LogP contribution < -0.4 is 10.6 Å². The molecule has 9 nitrogen and oxygen atoms in total. The van der Waals surface area contributed by atoms with E-state index in [4.69, 9.17) is 4.74 Å². The molecule has 0 bridgehead atoms. The summed E-state index contributed by atoms with van der Waals surface area (Å²) in [4.78, 5) is 25.5. The fourth-order valence-electron chi connectivity index (χ4n) is 2.36. The normalized spacial score (nSPS) is 18.7. The van der Waals surface area contributed by atoms with Crippen LogP contribution in [0.2, 0.25) is 0 Å². The molecule has 11 heteroatoms. The third-order valence-corrected chi connectivity index (χ3v) is 6.96. The number of sulfonamides is 1. The summed E-state index contributed by atoms with van der Waals surface area (Å²) in [5.41, 5.74) is 0. The number of rotatable bonds is 7. The highest BCUT2D eigenvalue weighted by molar-refractivity contribution is 7.91. The monoisotopic (exact) mass is 404 g/mol. The lowest BCUT2D eigenvalue weighted by Crippen LogP contribution is -2.53. The fourth-order valence-corrected chi connectivity index (χ4v) is 5.05. The van der Waals surface area contributed by atoms with Crippen LogP contribution in [-0.4, -0.2) is 82.5 Å². The molecule has 2 heterocycles. The number of carbonyl (C=O) groups excluding carboxylic acids is 2. The minimum absolute atomic E-state index is 0.0927. The van der Waals surface area contributed by atoms with E-state index in [0.717, 1.165) is 11.3 Å². The molecule has 1 aliphatic rings. The summed E-state index contributed by atoms with van der Waals surface area (Å²) in [6.45, 7) is 1.56. The highest BCUT2D eigenvalue weighted by atomic mass is 32.2. The minimum atomic E-state index is -3.69. The van der Waals surface area contributed by atoms with Gasteiger partial charge in [0.1, 0.15) is 10.4 Å². The maximum Gasteiger partial charge on any atom is 0.309 e. The number of ether oxygens (including phenoxy) is 1. The number of amides is 2. The van der Waals surface area contributed by atoms with E-state index < -0.39 is 28.1 Å². The van der Waals surface area contributed by atoms with E-state index in [-0.39, 0.29) is 10.8 Å². The third kappa shape index (κ3) is 5.48. The molecule has 1 aromatic heterocycles. The van der Waals surface area contributed by atoms with Crippen molar-refractivity contribution in [3.8, 4) is 0 Å². The standard InChI is InChI=1S/C15H24N4O5S2/c1-18(2)8-6-16-14(20)15(21)17-11-12-19(7-4-9-24-12)26(22,23)13-5-3-10-25-13/h3,5,10,12H,4,6-9,11H2,1-2H3,(H,16,20)(H,17,21)/t12-/m1/s1. The summed E-state index contributed by atoms with van der Waals surface area (Å²) >= 11 is 1.13. The van der Waals surface area contributed by atoms with Crippen LogP contribution in [-0.2, 0) is 24.3 Å². The van der Waals surface area contributed by atoms with Gasteiger partial charge in [-0.15, -0.1) is 11.3 Å². The number of likely N-dealkylation sites (N-methyl/N-ethyl adjacent to an activating group) is 1. The maximum atomic E-state index is 12.7. The third-order valence-electron chi connectivity index (χ3n) is 3.70. The quantitative estimate of drug-likeness (QED) is 0.581. The van der Waals surface area contributed by atoms with Crippen LogP contribution in [0.5, 0.6) is 0 Å². The second-order valence-electron chi connectivity index (χ2n) is 6.00. The molecule has 2 rings (SSSR count). The van der Waals surface area contributed by atoms with Gasteiger partial charge in [0, 0.05) is 19.6 Å². The Hall–Kier alpha value is -1.53. The van der Waals surface area contributed by atoms with Crippen molar-refractivity contribution in [1.82, 2.24) is 19.8 Å². The summed E-state index contributed by atoms with van der Waals surface area (Å²) in [5.74, 6) is -1.57. The Morgan fingerprint density at radius 1 is 1.35 bits per heavy atom. The molecular formula is C15H24N4O5S2. The minimum Gasteiger partial charge on any atom is -0.360 e. The van der Waals surface area contributed by atoms with Gasteiger partial charge in [0.05, 0.1) is 13.2 Å². The Balaban J connectivity index is 1.92. The van der Waals surface area contributed by atoms with Gasteiger partial charge in [-0.05, 0) is 32.0 Å². The van der Waals surface area contributed by atoms with Gasteiger partial charge in [0.15, 0.2) is 0 Å². The first-order valence-electron chi connectivity index (χ1n) is 8.20. The number of thiophene rings is 1. The SMILES string of the molecule is CN(C)CCNC(=O)C(=O)NC[C@H]1OCCCN1S(=O)(=O)c1cccs1. The zero-order chi connectivity index (χ0) is 19.2. The molecule has 0 unspecified atom stereocenters. The van der Waals surface area contributed by atoms with Crippen molar-refractivity contribution < 1.29 is 22.7 Å². The molecule has 0 spiro atoms. The van der Waals surface area contributed by atoms with Crippen molar-refractivity contribution >= 4 is 33.2 Å². The molecule has 0 aliphatic carbocycles. The average Bonchev–Trinajstić information content (AvgIpc) is 3.15. The Morgan fingerprint density at radius 3 is 2.73 bits per heavy atom. The molecule has 1 fully saturated rings. The molecule has 0 saturated carbocycles. The lowest BCUT2D eigenvalue weighted by Gasteiger charge is -2.34. The van der Waals surface area contributed by atoms with Gasteiger partial charge in [-0.2, -0.15) is 4.31 Å². The predicted molar refractivity (Wildman–Crippen MR) is 97.1 cm³/mol. The van der Waals surface area contributed by atoms with Gasteiger partial charge in [0.25, 0.3) is 10.0 Å². The predicted octanol–water partition coefficient (Wildman–Crippen LogP) is -0.721. The summed E-state index contributed by atoms with van der Waals surface area (Å²) in [6, 6.07) is 3.19. The van der Waals surface area contributed by atoms with Gasteiger partial charge in [-0.3, -0.25) is 9.59 Å².